The second-order valence-corrected chi connectivity index (χ2v) is 10.4. The lowest BCUT2D eigenvalue weighted by atomic mass is 10.1. The lowest BCUT2D eigenvalue weighted by molar-refractivity contribution is 0.0947. The van der Waals surface area contributed by atoms with Crippen molar-refractivity contribution in [2.45, 2.75) is 12.4 Å². The smallest absolute Gasteiger partial charge is 0.293 e. The highest BCUT2D eigenvalue weighted by Gasteiger charge is 2.24. The topological polar surface area (TPSA) is 168 Å². The zero-order valence-corrected chi connectivity index (χ0v) is 22.6. The van der Waals surface area contributed by atoms with E-state index in [0.29, 0.717) is 11.5 Å². The molecule has 1 aliphatic rings. The van der Waals surface area contributed by atoms with Crippen molar-refractivity contribution in [3.63, 3.8) is 0 Å². The molecule has 0 fully saturated rings. The number of carbonyl (C=O) groups is 1. The number of amides is 1. The zero-order chi connectivity index (χ0) is 27.9. The fourth-order valence-electron chi connectivity index (χ4n) is 3.55. The van der Waals surface area contributed by atoms with Gasteiger partial charge in [0.05, 0.1) is 19.9 Å². The second-order valence-electron chi connectivity index (χ2n) is 8.07. The standard InChI is InChI=1S/C24H22FN9O4S2/c1-36-19-7-2-14(10-15(19)13-40-24-27-8-9-39-24)11-28-30-23(35)20-18(12-37-17-5-3-16(25)4-6-17)34(33-29-20)22-21(26)31-38-32-22/h2-7,10-11H,8-9,12-13H2,1H3,(H2,26,31)(H,30,35)/b28-11+. The minimum atomic E-state index is -0.657. The number of rotatable bonds is 10. The molecule has 2 aromatic carbocycles. The predicted molar refractivity (Wildman–Crippen MR) is 148 cm³/mol. The molecule has 5 rings (SSSR count). The average molecular weight is 584 g/mol. The van der Waals surface area contributed by atoms with Gasteiger partial charge in [-0.1, -0.05) is 28.7 Å². The molecule has 0 bridgehead atoms. The van der Waals surface area contributed by atoms with E-state index in [0.717, 1.165) is 33.5 Å². The number of nitrogens with zero attached hydrogens (tertiary/aromatic N) is 7. The fraction of sp³-hybridized carbons (Fsp3) is 0.208. The first-order valence-corrected chi connectivity index (χ1v) is 13.7. The van der Waals surface area contributed by atoms with Gasteiger partial charge in [0, 0.05) is 17.1 Å². The number of hydrazone groups is 1. The third kappa shape index (κ3) is 6.40. The van der Waals surface area contributed by atoms with Gasteiger partial charge in [0.1, 0.15) is 34.0 Å². The summed E-state index contributed by atoms with van der Waals surface area (Å²) in [5.74, 6) is 1.69. The Labute approximate surface area is 235 Å². The number of ether oxygens (including phenoxy) is 2. The lowest BCUT2D eigenvalue weighted by Gasteiger charge is -2.09. The van der Waals surface area contributed by atoms with Gasteiger partial charge in [-0.3, -0.25) is 9.79 Å². The maximum atomic E-state index is 13.3. The van der Waals surface area contributed by atoms with Crippen LogP contribution >= 0.6 is 23.5 Å². The number of methoxy groups -OCH3 is 1. The highest BCUT2D eigenvalue weighted by atomic mass is 32.2. The number of aromatic nitrogens is 5. The van der Waals surface area contributed by atoms with E-state index in [1.165, 1.54) is 35.2 Å². The summed E-state index contributed by atoms with van der Waals surface area (Å²) < 4.78 is 31.4. The Kier molecular flexibility index (Phi) is 8.56. The molecule has 0 saturated carbocycles. The number of thioether (sulfide) groups is 2. The molecule has 0 unspecified atom stereocenters. The van der Waals surface area contributed by atoms with Crippen LogP contribution in [-0.2, 0) is 12.4 Å². The molecule has 0 radical (unpaired) electrons. The number of nitrogens with two attached hydrogens (primary N) is 1. The molecule has 0 saturated heterocycles. The van der Waals surface area contributed by atoms with Crippen LogP contribution in [0.15, 0.2) is 57.2 Å². The van der Waals surface area contributed by atoms with Crippen LogP contribution in [0, 0.1) is 5.82 Å². The van der Waals surface area contributed by atoms with E-state index in [1.807, 2.05) is 18.2 Å². The van der Waals surface area contributed by atoms with Crippen LogP contribution in [0.25, 0.3) is 5.82 Å². The van der Waals surface area contributed by atoms with Crippen LogP contribution in [0.3, 0.4) is 0 Å². The Morgan fingerprint density at radius 1 is 1.30 bits per heavy atom. The number of carbonyl (C=O) groups excluding carboxylic acids is 1. The van der Waals surface area contributed by atoms with E-state index in [9.17, 15) is 9.18 Å². The number of nitrogen functional groups attached to an aromatic ring is 1. The number of anilines is 1. The van der Waals surface area contributed by atoms with Gasteiger partial charge in [0.2, 0.25) is 11.6 Å². The van der Waals surface area contributed by atoms with Crippen molar-refractivity contribution in [3.8, 4) is 17.3 Å². The minimum absolute atomic E-state index is 0.0263. The molecule has 40 heavy (non-hydrogen) atoms. The molecule has 16 heteroatoms. The normalized spacial score (nSPS) is 13.0. The molecule has 0 spiro atoms. The molecule has 1 aliphatic heterocycles. The third-order valence-electron chi connectivity index (χ3n) is 5.46. The van der Waals surface area contributed by atoms with Gasteiger partial charge in [0.25, 0.3) is 5.91 Å². The Hall–Kier alpha value is -4.44. The molecule has 206 valence electrons. The summed E-state index contributed by atoms with van der Waals surface area (Å²) in [7, 11) is 1.62. The summed E-state index contributed by atoms with van der Waals surface area (Å²) in [6.07, 6.45) is 1.51. The van der Waals surface area contributed by atoms with Crippen LogP contribution in [0.1, 0.15) is 27.3 Å². The molecule has 2 aromatic heterocycles. The van der Waals surface area contributed by atoms with Crippen molar-refractivity contribution >= 4 is 45.8 Å². The number of hydrogen-bond donors (Lipinski definition) is 2. The van der Waals surface area contributed by atoms with Gasteiger partial charge >= 0.3 is 0 Å². The predicted octanol–water partition coefficient (Wildman–Crippen LogP) is 3.06. The van der Waals surface area contributed by atoms with Crippen molar-refractivity contribution in [1.82, 2.24) is 30.7 Å². The molecule has 1 amide bonds. The highest BCUT2D eigenvalue weighted by molar-refractivity contribution is 8.38. The van der Waals surface area contributed by atoms with Crippen molar-refractivity contribution in [3.05, 3.63) is 70.8 Å². The maximum absolute atomic E-state index is 13.3. The summed E-state index contributed by atoms with van der Waals surface area (Å²) in [6.45, 7) is 0.660. The molecular weight excluding hydrogens is 561 g/mol. The van der Waals surface area contributed by atoms with Crippen molar-refractivity contribution in [1.29, 1.82) is 0 Å². The zero-order valence-electron chi connectivity index (χ0n) is 21.0. The molecule has 4 aromatic rings. The Balaban J connectivity index is 1.31. The monoisotopic (exact) mass is 583 g/mol. The minimum Gasteiger partial charge on any atom is -0.496 e. The van der Waals surface area contributed by atoms with Crippen LogP contribution < -0.4 is 20.6 Å². The largest absolute Gasteiger partial charge is 0.496 e. The van der Waals surface area contributed by atoms with Crippen LogP contribution in [0.4, 0.5) is 10.2 Å². The fourth-order valence-corrected chi connectivity index (χ4v) is 5.54. The first-order valence-electron chi connectivity index (χ1n) is 11.7. The first-order chi connectivity index (χ1) is 19.5. The van der Waals surface area contributed by atoms with Crippen LogP contribution in [0.5, 0.6) is 11.5 Å². The van der Waals surface area contributed by atoms with Crippen molar-refractivity contribution in [2.75, 3.05) is 25.1 Å². The third-order valence-corrected chi connectivity index (χ3v) is 7.76. The average Bonchev–Trinajstić information content (AvgIpc) is 3.73. The van der Waals surface area contributed by atoms with E-state index < -0.39 is 11.7 Å². The van der Waals surface area contributed by atoms with E-state index in [4.69, 9.17) is 15.2 Å². The summed E-state index contributed by atoms with van der Waals surface area (Å²) in [4.78, 5) is 17.5. The first kappa shape index (κ1) is 27.1. The van der Waals surface area contributed by atoms with Gasteiger partial charge in [-0.2, -0.15) is 9.78 Å². The van der Waals surface area contributed by atoms with Gasteiger partial charge in [-0.05, 0) is 58.3 Å². The van der Waals surface area contributed by atoms with Gasteiger partial charge in [-0.15, -0.1) is 5.10 Å². The number of nitrogens with one attached hydrogen (secondary N) is 1. The van der Waals surface area contributed by atoms with Gasteiger partial charge < -0.3 is 15.2 Å². The highest BCUT2D eigenvalue weighted by Crippen LogP contribution is 2.29. The van der Waals surface area contributed by atoms with E-state index in [1.54, 1.807) is 30.6 Å². The SMILES string of the molecule is COc1ccc(/C=N/NC(=O)c2nnn(-c3nonc3N)c2COc2ccc(F)cc2)cc1CSC1=NCCS1. The maximum Gasteiger partial charge on any atom is 0.293 e. The summed E-state index contributed by atoms with van der Waals surface area (Å²) in [5, 5.41) is 19.2. The molecule has 13 nitrogen and oxygen atoms in total. The lowest BCUT2D eigenvalue weighted by Crippen LogP contribution is -2.21. The van der Waals surface area contributed by atoms with Crippen LogP contribution in [-0.4, -0.2) is 61.2 Å². The molecule has 3 N–H and O–H groups in total. The second kappa shape index (κ2) is 12.6. The summed E-state index contributed by atoms with van der Waals surface area (Å²) >= 11 is 3.40. The number of aliphatic imine (C=N–C) groups is 1. The quantitative estimate of drug-likeness (QED) is 0.208. The Morgan fingerprint density at radius 2 is 2.15 bits per heavy atom. The molecular formula is C24H22FN9O4S2. The van der Waals surface area contributed by atoms with Crippen LogP contribution in [0.2, 0.25) is 0 Å². The van der Waals surface area contributed by atoms with Gasteiger partial charge in [0.15, 0.2) is 5.69 Å². The van der Waals surface area contributed by atoms with E-state index in [-0.39, 0.29) is 29.6 Å². The van der Waals surface area contributed by atoms with Gasteiger partial charge in [-0.25, -0.2) is 14.4 Å². The Morgan fingerprint density at radius 3 is 2.88 bits per heavy atom. The molecule has 0 aliphatic carbocycles. The summed E-state index contributed by atoms with van der Waals surface area (Å²) in [6, 6.07) is 11.0. The number of hydrogen-bond acceptors (Lipinski definition) is 13. The molecule has 3 heterocycles. The number of benzene rings is 2. The number of halogens is 1. The van der Waals surface area contributed by atoms with Crippen molar-refractivity contribution < 1.29 is 23.3 Å². The Bertz CT molecular complexity index is 1560. The van der Waals surface area contributed by atoms with E-state index in [2.05, 4.69) is 40.8 Å². The summed E-state index contributed by atoms with van der Waals surface area (Å²) in [5.41, 5.74) is 10.1. The van der Waals surface area contributed by atoms with Crippen molar-refractivity contribution in [2.24, 2.45) is 10.1 Å². The molecule has 0 atom stereocenters. The van der Waals surface area contributed by atoms with E-state index >= 15 is 0 Å².